The topological polar surface area (TPSA) is 68.3 Å². The Hall–Kier alpha value is -2.33. The molecule has 0 fully saturated rings. The number of furan rings is 1. The summed E-state index contributed by atoms with van der Waals surface area (Å²) < 4.78 is 5.09. The van der Waals surface area contributed by atoms with Gasteiger partial charge in [-0.3, -0.25) is 4.79 Å². The second kappa shape index (κ2) is 5.84. The fraction of sp³-hybridized carbons (Fsp3) is 0.0714. The van der Waals surface area contributed by atoms with Crippen LogP contribution in [-0.4, -0.2) is 5.91 Å². The second-order valence-corrected chi connectivity index (χ2v) is 3.74. The smallest absolute Gasteiger partial charge is 0.248 e. The molecule has 4 heteroatoms. The molecule has 2 aromatic rings. The van der Waals surface area contributed by atoms with Gasteiger partial charge >= 0.3 is 0 Å². The Morgan fingerprint density at radius 2 is 2.22 bits per heavy atom. The number of carbonyl (C=O) groups is 1. The zero-order valence-corrected chi connectivity index (χ0v) is 9.80. The van der Waals surface area contributed by atoms with Gasteiger partial charge in [0.25, 0.3) is 0 Å². The Bertz CT molecular complexity index is 545. The summed E-state index contributed by atoms with van der Waals surface area (Å²) in [7, 11) is 0. The fourth-order valence-corrected chi connectivity index (χ4v) is 1.50. The molecule has 0 spiro atoms. The maximum absolute atomic E-state index is 11.6. The summed E-state index contributed by atoms with van der Waals surface area (Å²) in [5.74, 6) is 0.432. The lowest BCUT2D eigenvalue weighted by atomic mass is 10.2. The van der Waals surface area contributed by atoms with Crippen LogP contribution in [0, 0.1) is 0 Å². The third kappa shape index (κ3) is 3.33. The molecule has 1 amide bonds. The molecule has 0 bridgehead atoms. The summed E-state index contributed by atoms with van der Waals surface area (Å²) in [6.07, 6.45) is 4.60. The van der Waals surface area contributed by atoms with Crippen molar-refractivity contribution in [2.45, 2.75) is 6.54 Å². The van der Waals surface area contributed by atoms with Gasteiger partial charge in [-0.1, -0.05) is 12.1 Å². The maximum atomic E-state index is 11.6. The molecule has 1 aromatic carbocycles. The molecule has 1 heterocycles. The molecule has 0 unspecified atom stereocenters. The zero-order chi connectivity index (χ0) is 12.8. The quantitative estimate of drug-likeness (QED) is 0.809. The number of hydrogen-bond donors (Lipinski definition) is 2. The minimum atomic E-state index is -0.208. The van der Waals surface area contributed by atoms with Crippen molar-refractivity contribution in [2.24, 2.45) is 5.73 Å². The lowest BCUT2D eigenvalue weighted by molar-refractivity contribution is -0.111. The third-order valence-electron chi connectivity index (χ3n) is 2.37. The van der Waals surface area contributed by atoms with Crippen LogP contribution in [0.25, 0.3) is 6.08 Å². The van der Waals surface area contributed by atoms with Gasteiger partial charge in [-0.25, -0.2) is 0 Å². The van der Waals surface area contributed by atoms with Crippen molar-refractivity contribution < 1.29 is 9.21 Å². The van der Waals surface area contributed by atoms with Gasteiger partial charge in [0.15, 0.2) is 0 Å². The van der Waals surface area contributed by atoms with Gasteiger partial charge < -0.3 is 15.5 Å². The summed E-state index contributed by atoms with van der Waals surface area (Å²) >= 11 is 0. The Balaban J connectivity index is 1.98. The van der Waals surface area contributed by atoms with Gasteiger partial charge in [0.2, 0.25) is 5.91 Å². The number of nitrogens with one attached hydrogen (secondary N) is 1. The number of anilines is 1. The predicted octanol–water partition coefficient (Wildman–Crippen LogP) is 2.39. The monoisotopic (exact) mass is 242 g/mol. The molecule has 0 aliphatic heterocycles. The molecule has 0 atom stereocenters. The summed E-state index contributed by atoms with van der Waals surface area (Å²) in [5, 5.41) is 2.76. The van der Waals surface area contributed by atoms with Gasteiger partial charge in [0.05, 0.1) is 6.26 Å². The Morgan fingerprint density at radius 3 is 2.94 bits per heavy atom. The summed E-state index contributed by atoms with van der Waals surface area (Å²) in [4.78, 5) is 11.6. The molecule has 18 heavy (non-hydrogen) atoms. The highest BCUT2D eigenvalue weighted by Crippen LogP contribution is 2.10. The maximum Gasteiger partial charge on any atom is 0.248 e. The van der Waals surface area contributed by atoms with Gasteiger partial charge in [-0.05, 0) is 35.9 Å². The van der Waals surface area contributed by atoms with E-state index in [2.05, 4.69) is 5.32 Å². The third-order valence-corrected chi connectivity index (χ3v) is 2.37. The van der Waals surface area contributed by atoms with Crippen molar-refractivity contribution in [3.8, 4) is 0 Å². The standard InChI is InChI=1S/C14H14N2O2/c15-10-11-3-1-4-12(9-11)16-14(17)7-6-13-5-2-8-18-13/h1-9H,10,15H2,(H,16,17). The minimum absolute atomic E-state index is 0.208. The van der Waals surface area contributed by atoms with E-state index in [0.29, 0.717) is 12.3 Å². The number of hydrogen-bond acceptors (Lipinski definition) is 3. The van der Waals surface area contributed by atoms with Crippen LogP contribution in [0.1, 0.15) is 11.3 Å². The van der Waals surface area contributed by atoms with E-state index >= 15 is 0 Å². The SMILES string of the molecule is NCc1cccc(NC(=O)C=Cc2ccco2)c1. The highest BCUT2D eigenvalue weighted by molar-refractivity contribution is 6.01. The van der Waals surface area contributed by atoms with Gasteiger partial charge in [-0.15, -0.1) is 0 Å². The first kappa shape index (κ1) is 12.1. The van der Waals surface area contributed by atoms with Crippen LogP contribution in [0.5, 0.6) is 0 Å². The molecule has 0 aliphatic rings. The molecule has 2 rings (SSSR count). The number of benzene rings is 1. The molecule has 3 N–H and O–H groups in total. The van der Waals surface area contributed by atoms with Crippen LogP contribution in [-0.2, 0) is 11.3 Å². The molecule has 0 saturated carbocycles. The van der Waals surface area contributed by atoms with Crippen LogP contribution >= 0.6 is 0 Å². The van der Waals surface area contributed by atoms with Gasteiger partial charge in [-0.2, -0.15) is 0 Å². The molecule has 4 nitrogen and oxygen atoms in total. The number of carbonyl (C=O) groups excluding carboxylic acids is 1. The first-order valence-electron chi connectivity index (χ1n) is 5.59. The van der Waals surface area contributed by atoms with Crippen molar-refractivity contribution in [2.75, 3.05) is 5.32 Å². The number of amides is 1. The molecule has 92 valence electrons. The molecule has 0 saturated heterocycles. The number of rotatable bonds is 4. The first-order chi connectivity index (χ1) is 8.78. The van der Waals surface area contributed by atoms with Crippen LogP contribution in [0.3, 0.4) is 0 Å². The Morgan fingerprint density at radius 1 is 1.33 bits per heavy atom. The average Bonchev–Trinajstić information content (AvgIpc) is 2.90. The van der Waals surface area contributed by atoms with Gasteiger partial charge in [0, 0.05) is 18.3 Å². The Labute approximate surface area is 105 Å². The molecular weight excluding hydrogens is 228 g/mol. The van der Waals surface area contributed by atoms with Crippen molar-refractivity contribution in [1.29, 1.82) is 0 Å². The lowest BCUT2D eigenvalue weighted by Gasteiger charge is -2.03. The van der Waals surface area contributed by atoms with Crippen LogP contribution in [0.4, 0.5) is 5.69 Å². The average molecular weight is 242 g/mol. The summed E-state index contributed by atoms with van der Waals surface area (Å²) in [6.45, 7) is 0.450. The van der Waals surface area contributed by atoms with Crippen LogP contribution in [0.15, 0.2) is 53.2 Å². The van der Waals surface area contributed by atoms with Crippen LogP contribution < -0.4 is 11.1 Å². The van der Waals surface area contributed by atoms with Crippen molar-refractivity contribution in [3.05, 3.63) is 60.1 Å². The largest absolute Gasteiger partial charge is 0.465 e. The van der Waals surface area contributed by atoms with E-state index in [1.54, 1.807) is 24.5 Å². The predicted molar refractivity (Wildman–Crippen MR) is 70.7 cm³/mol. The minimum Gasteiger partial charge on any atom is -0.465 e. The number of nitrogens with two attached hydrogens (primary N) is 1. The van der Waals surface area contributed by atoms with Crippen molar-refractivity contribution in [1.82, 2.24) is 0 Å². The van der Waals surface area contributed by atoms with Crippen LogP contribution in [0.2, 0.25) is 0 Å². The van der Waals surface area contributed by atoms with E-state index in [9.17, 15) is 4.79 Å². The molecule has 0 aliphatic carbocycles. The van der Waals surface area contributed by atoms with E-state index < -0.39 is 0 Å². The molecule has 0 radical (unpaired) electrons. The normalized spacial score (nSPS) is 10.7. The Kier molecular flexibility index (Phi) is 3.94. The van der Waals surface area contributed by atoms with E-state index in [4.69, 9.17) is 10.2 Å². The van der Waals surface area contributed by atoms with E-state index in [1.807, 2.05) is 24.3 Å². The van der Waals surface area contributed by atoms with E-state index in [0.717, 1.165) is 11.3 Å². The molecular formula is C14H14N2O2. The van der Waals surface area contributed by atoms with E-state index in [-0.39, 0.29) is 5.91 Å². The van der Waals surface area contributed by atoms with Crippen molar-refractivity contribution in [3.63, 3.8) is 0 Å². The lowest BCUT2D eigenvalue weighted by Crippen LogP contribution is -2.08. The van der Waals surface area contributed by atoms with E-state index in [1.165, 1.54) is 6.08 Å². The van der Waals surface area contributed by atoms with Crippen molar-refractivity contribution >= 4 is 17.7 Å². The van der Waals surface area contributed by atoms with Gasteiger partial charge in [0.1, 0.15) is 5.76 Å². The fourth-order valence-electron chi connectivity index (χ4n) is 1.50. The highest BCUT2D eigenvalue weighted by Gasteiger charge is 1.99. The summed E-state index contributed by atoms with van der Waals surface area (Å²) in [5.41, 5.74) is 7.24. The summed E-state index contributed by atoms with van der Waals surface area (Å²) in [6, 6.07) is 11.0. The second-order valence-electron chi connectivity index (χ2n) is 3.74. The molecule has 1 aromatic heterocycles. The first-order valence-corrected chi connectivity index (χ1v) is 5.59. The highest BCUT2D eigenvalue weighted by atomic mass is 16.3. The zero-order valence-electron chi connectivity index (χ0n) is 9.80.